The van der Waals surface area contributed by atoms with E-state index in [1.165, 1.54) is 0 Å². The maximum absolute atomic E-state index is 4.37. The smallest absolute Gasteiger partial charge is 0.231 e. The number of hydrogen-bond acceptors (Lipinski definition) is 6. The van der Waals surface area contributed by atoms with Crippen LogP contribution < -0.4 is 15.5 Å². The SMILES string of the molecule is CCC(CC)Nc1nc(NC)nc(N(C)C)n1. The maximum Gasteiger partial charge on any atom is 0.231 e. The summed E-state index contributed by atoms with van der Waals surface area (Å²) >= 11 is 0. The Labute approximate surface area is 103 Å². The lowest BCUT2D eigenvalue weighted by Crippen LogP contribution is -2.21. The van der Waals surface area contributed by atoms with Gasteiger partial charge in [0.15, 0.2) is 0 Å². The fourth-order valence-electron chi connectivity index (χ4n) is 1.42. The molecule has 1 heterocycles. The molecule has 0 radical (unpaired) electrons. The van der Waals surface area contributed by atoms with Crippen molar-refractivity contribution in [2.24, 2.45) is 0 Å². The summed E-state index contributed by atoms with van der Waals surface area (Å²) in [6.45, 7) is 4.29. The highest BCUT2D eigenvalue weighted by Crippen LogP contribution is 2.13. The van der Waals surface area contributed by atoms with Gasteiger partial charge < -0.3 is 15.5 Å². The predicted molar refractivity (Wildman–Crippen MR) is 71.7 cm³/mol. The fourth-order valence-corrected chi connectivity index (χ4v) is 1.42. The summed E-state index contributed by atoms with van der Waals surface area (Å²) < 4.78 is 0. The molecule has 1 rings (SSSR count). The van der Waals surface area contributed by atoms with Crippen molar-refractivity contribution in [3.05, 3.63) is 0 Å². The van der Waals surface area contributed by atoms with Gasteiger partial charge >= 0.3 is 0 Å². The molecule has 0 amide bonds. The Morgan fingerprint density at radius 3 is 2.12 bits per heavy atom. The summed E-state index contributed by atoms with van der Waals surface area (Å²) in [6.07, 6.45) is 2.10. The average Bonchev–Trinajstić information content (AvgIpc) is 2.35. The topological polar surface area (TPSA) is 66.0 Å². The summed E-state index contributed by atoms with van der Waals surface area (Å²) in [6, 6.07) is 0.400. The maximum atomic E-state index is 4.37. The Hall–Kier alpha value is -1.59. The van der Waals surface area contributed by atoms with Crippen molar-refractivity contribution in [3.63, 3.8) is 0 Å². The van der Waals surface area contributed by atoms with Gasteiger partial charge in [-0.15, -0.1) is 0 Å². The number of anilines is 3. The number of aromatic nitrogens is 3. The third kappa shape index (κ3) is 3.72. The van der Waals surface area contributed by atoms with E-state index in [0.717, 1.165) is 12.8 Å². The third-order valence-corrected chi connectivity index (χ3v) is 2.57. The van der Waals surface area contributed by atoms with Crippen molar-refractivity contribution >= 4 is 17.8 Å². The van der Waals surface area contributed by atoms with E-state index >= 15 is 0 Å². The molecule has 1 aromatic heterocycles. The zero-order valence-electron chi connectivity index (χ0n) is 11.3. The van der Waals surface area contributed by atoms with Gasteiger partial charge in [-0.2, -0.15) is 15.0 Å². The molecule has 0 atom stereocenters. The zero-order chi connectivity index (χ0) is 12.8. The second kappa shape index (κ2) is 6.22. The Kier molecular flexibility index (Phi) is 4.93. The molecule has 2 N–H and O–H groups in total. The molecule has 1 aromatic rings. The first-order valence-corrected chi connectivity index (χ1v) is 5.98. The van der Waals surface area contributed by atoms with E-state index in [4.69, 9.17) is 0 Å². The normalized spacial score (nSPS) is 10.5. The molecule has 0 saturated carbocycles. The minimum Gasteiger partial charge on any atom is -0.357 e. The molecule has 0 bridgehead atoms. The van der Waals surface area contributed by atoms with E-state index < -0.39 is 0 Å². The Balaban J connectivity index is 2.94. The summed E-state index contributed by atoms with van der Waals surface area (Å²) in [5.74, 6) is 1.86. The fraction of sp³-hybridized carbons (Fsp3) is 0.727. The van der Waals surface area contributed by atoms with Gasteiger partial charge in [-0.05, 0) is 12.8 Å². The summed E-state index contributed by atoms with van der Waals surface area (Å²) in [5.41, 5.74) is 0. The van der Waals surface area contributed by atoms with Gasteiger partial charge in [0.05, 0.1) is 0 Å². The molecule has 0 aliphatic heterocycles. The highest BCUT2D eigenvalue weighted by Gasteiger charge is 2.10. The monoisotopic (exact) mass is 238 g/mol. The molecular weight excluding hydrogens is 216 g/mol. The van der Waals surface area contributed by atoms with Crippen molar-refractivity contribution in [1.29, 1.82) is 0 Å². The first-order chi connectivity index (χ1) is 8.10. The summed E-state index contributed by atoms with van der Waals surface area (Å²) in [7, 11) is 5.63. The molecule has 0 aromatic carbocycles. The van der Waals surface area contributed by atoms with Crippen LogP contribution >= 0.6 is 0 Å². The van der Waals surface area contributed by atoms with Crippen molar-refractivity contribution in [2.75, 3.05) is 36.7 Å². The van der Waals surface area contributed by atoms with Crippen LogP contribution in [-0.2, 0) is 0 Å². The quantitative estimate of drug-likeness (QED) is 0.784. The van der Waals surface area contributed by atoms with Crippen molar-refractivity contribution in [3.8, 4) is 0 Å². The van der Waals surface area contributed by atoms with E-state index in [1.54, 1.807) is 7.05 Å². The molecule has 0 saturated heterocycles. The van der Waals surface area contributed by atoms with Gasteiger partial charge in [0.25, 0.3) is 0 Å². The van der Waals surface area contributed by atoms with E-state index in [2.05, 4.69) is 39.4 Å². The largest absolute Gasteiger partial charge is 0.357 e. The lowest BCUT2D eigenvalue weighted by atomic mass is 10.2. The molecule has 0 aliphatic carbocycles. The van der Waals surface area contributed by atoms with Crippen LogP contribution in [0, 0.1) is 0 Å². The van der Waals surface area contributed by atoms with E-state index in [0.29, 0.717) is 23.9 Å². The minimum absolute atomic E-state index is 0.400. The lowest BCUT2D eigenvalue weighted by molar-refractivity contribution is 0.663. The average molecular weight is 238 g/mol. The van der Waals surface area contributed by atoms with Crippen LogP contribution in [0.25, 0.3) is 0 Å². The van der Waals surface area contributed by atoms with Gasteiger partial charge in [-0.1, -0.05) is 13.8 Å². The molecule has 17 heavy (non-hydrogen) atoms. The predicted octanol–water partition coefficient (Wildman–Crippen LogP) is 1.58. The molecule has 6 heteroatoms. The van der Waals surface area contributed by atoms with Crippen molar-refractivity contribution < 1.29 is 0 Å². The van der Waals surface area contributed by atoms with Gasteiger partial charge in [-0.25, -0.2) is 0 Å². The van der Waals surface area contributed by atoms with Crippen LogP contribution in [0.3, 0.4) is 0 Å². The summed E-state index contributed by atoms with van der Waals surface area (Å²) in [5, 5.41) is 6.26. The molecule has 96 valence electrons. The van der Waals surface area contributed by atoms with Crippen molar-refractivity contribution in [2.45, 2.75) is 32.7 Å². The van der Waals surface area contributed by atoms with E-state index in [9.17, 15) is 0 Å². The first-order valence-electron chi connectivity index (χ1n) is 5.98. The molecule has 0 unspecified atom stereocenters. The van der Waals surface area contributed by atoms with E-state index in [1.807, 2.05) is 19.0 Å². The first kappa shape index (κ1) is 13.5. The van der Waals surface area contributed by atoms with Crippen LogP contribution in [0.1, 0.15) is 26.7 Å². The van der Waals surface area contributed by atoms with Crippen LogP contribution in [0.4, 0.5) is 17.8 Å². The lowest BCUT2D eigenvalue weighted by Gasteiger charge is -2.17. The van der Waals surface area contributed by atoms with Crippen LogP contribution in [0.15, 0.2) is 0 Å². The highest BCUT2D eigenvalue weighted by molar-refractivity contribution is 5.42. The zero-order valence-corrected chi connectivity index (χ0v) is 11.3. The molecule has 0 spiro atoms. The van der Waals surface area contributed by atoms with Gasteiger partial charge in [0.1, 0.15) is 0 Å². The number of hydrogen-bond donors (Lipinski definition) is 2. The van der Waals surface area contributed by atoms with Gasteiger partial charge in [0.2, 0.25) is 17.8 Å². The van der Waals surface area contributed by atoms with Crippen LogP contribution in [0.2, 0.25) is 0 Å². The van der Waals surface area contributed by atoms with Crippen LogP contribution in [-0.4, -0.2) is 42.1 Å². The molecule has 0 fully saturated rings. The third-order valence-electron chi connectivity index (χ3n) is 2.57. The Morgan fingerprint density at radius 2 is 1.65 bits per heavy atom. The van der Waals surface area contributed by atoms with Gasteiger partial charge in [0, 0.05) is 27.2 Å². The number of nitrogens with one attached hydrogen (secondary N) is 2. The molecule has 6 nitrogen and oxygen atoms in total. The number of rotatable bonds is 6. The molecular formula is C11H22N6. The second-order valence-electron chi connectivity index (χ2n) is 4.08. The minimum atomic E-state index is 0.400. The van der Waals surface area contributed by atoms with Crippen molar-refractivity contribution in [1.82, 2.24) is 15.0 Å². The van der Waals surface area contributed by atoms with E-state index in [-0.39, 0.29) is 0 Å². The standard InChI is InChI=1S/C11H22N6/c1-6-8(7-2)13-10-14-9(12-3)15-11(16-10)17(4)5/h8H,6-7H2,1-5H3,(H2,12,13,14,15,16). The summed E-state index contributed by atoms with van der Waals surface area (Å²) in [4.78, 5) is 14.8. The molecule has 0 aliphatic rings. The van der Waals surface area contributed by atoms with Crippen LogP contribution in [0.5, 0.6) is 0 Å². The Morgan fingerprint density at radius 1 is 1.06 bits per heavy atom. The Bertz CT molecular complexity index is 348. The highest BCUT2D eigenvalue weighted by atomic mass is 15.3. The second-order valence-corrected chi connectivity index (χ2v) is 4.08. The number of nitrogens with zero attached hydrogens (tertiary/aromatic N) is 4. The van der Waals surface area contributed by atoms with Gasteiger partial charge in [-0.3, -0.25) is 0 Å².